The van der Waals surface area contributed by atoms with Crippen LogP contribution in [0.15, 0.2) is 24.3 Å². The first-order valence-corrected chi connectivity index (χ1v) is 5.88. The summed E-state index contributed by atoms with van der Waals surface area (Å²) >= 11 is 0. The zero-order valence-electron chi connectivity index (χ0n) is 10.4. The predicted molar refractivity (Wildman–Crippen MR) is 65.6 cm³/mol. The van der Waals surface area contributed by atoms with Gasteiger partial charge < -0.3 is 15.2 Å². The molecule has 0 aromatic heterocycles. The number of alkyl halides is 2. The summed E-state index contributed by atoms with van der Waals surface area (Å²) in [7, 11) is 1.53. The van der Waals surface area contributed by atoms with E-state index in [1.54, 1.807) is 12.1 Å². The monoisotopic (exact) mass is 259 g/mol. The average molecular weight is 259 g/mol. The SMILES string of the molecule is COCC(O)CCNCc1cccc(C(F)F)c1. The zero-order chi connectivity index (χ0) is 13.4. The number of rotatable bonds is 8. The summed E-state index contributed by atoms with van der Waals surface area (Å²) in [4.78, 5) is 0. The van der Waals surface area contributed by atoms with Crippen LogP contribution in [0.25, 0.3) is 0 Å². The lowest BCUT2D eigenvalue weighted by molar-refractivity contribution is 0.0594. The van der Waals surface area contributed by atoms with E-state index in [0.29, 0.717) is 26.1 Å². The average Bonchev–Trinajstić information content (AvgIpc) is 2.35. The first kappa shape index (κ1) is 15.0. The summed E-state index contributed by atoms with van der Waals surface area (Å²) in [5, 5.41) is 12.5. The molecule has 102 valence electrons. The van der Waals surface area contributed by atoms with Crippen molar-refractivity contribution in [3.8, 4) is 0 Å². The van der Waals surface area contributed by atoms with E-state index in [4.69, 9.17) is 4.74 Å². The van der Waals surface area contributed by atoms with Gasteiger partial charge in [0.1, 0.15) is 0 Å². The third kappa shape index (κ3) is 5.53. The van der Waals surface area contributed by atoms with Crippen LogP contribution in [0, 0.1) is 0 Å². The van der Waals surface area contributed by atoms with E-state index in [1.807, 2.05) is 0 Å². The standard InChI is InChI=1S/C13H19F2NO2/c1-18-9-12(17)5-6-16-8-10-3-2-4-11(7-10)13(14)15/h2-4,7,12-13,16-17H,5-6,8-9H2,1H3. The van der Waals surface area contributed by atoms with Gasteiger partial charge in [-0.05, 0) is 24.6 Å². The van der Waals surface area contributed by atoms with Crippen LogP contribution in [0.3, 0.4) is 0 Å². The Kier molecular flexibility index (Phi) is 6.78. The Hall–Kier alpha value is -1.04. The molecule has 0 fully saturated rings. The first-order chi connectivity index (χ1) is 8.63. The topological polar surface area (TPSA) is 41.5 Å². The smallest absolute Gasteiger partial charge is 0.263 e. The molecular weight excluding hydrogens is 240 g/mol. The van der Waals surface area contributed by atoms with Gasteiger partial charge in [-0.3, -0.25) is 0 Å². The Labute approximate surface area is 106 Å². The van der Waals surface area contributed by atoms with Crippen molar-refractivity contribution in [2.75, 3.05) is 20.3 Å². The van der Waals surface area contributed by atoms with Gasteiger partial charge in [0.15, 0.2) is 0 Å². The third-order valence-electron chi connectivity index (χ3n) is 2.55. The third-order valence-corrected chi connectivity index (χ3v) is 2.55. The quantitative estimate of drug-likeness (QED) is 0.703. The molecule has 0 heterocycles. The molecule has 5 heteroatoms. The van der Waals surface area contributed by atoms with E-state index in [0.717, 1.165) is 5.56 Å². The minimum atomic E-state index is -2.44. The van der Waals surface area contributed by atoms with Gasteiger partial charge in [0.25, 0.3) is 6.43 Å². The Bertz CT molecular complexity index is 348. The molecule has 1 atom stereocenters. The first-order valence-electron chi connectivity index (χ1n) is 5.88. The Morgan fingerprint density at radius 3 is 2.83 bits per heavy atom. The highest BCUT2D eigenvalue weighted by molar-refractivity contribution is 5.24. The molecule has 0 radical (unpaired) electrons. The van der Waals surface area contributed by atoms with Crippen LogP contribution in [-0.2, 0) is 11.3 Å². The van der Waals surface area contributed by atoms with Crippen molar-refractivity contribution < 1.29 is 18.6 Å². The van der Waals surface area contributed by atoms with Crippen LogP contribution in [0.1, 0.15) is 24.0 Å². The van der Waals surface area contributed by atoms with Crippen molar-refractivity contribution in [2.24, 2.45) is 0 Å². The molecule has 0 aliphatic carbocycles. The number of halogens is 2. The maximum absolute atomic E-state index is 12.5. The van der Waals surface area contributed by atoms with Gasteiger partial charge in [0.05, 0.1) is 12.7 Å². The Morgan fingerprint density at radius 2 is 2.17 bits per heavy atom. The van der Waals surface area contributed by atoms with Gasteiger partial charge in [-0.25, -0.2) is 8.78 Å². The molecule has 1 aromatic carbocycles. The lowest BCUT2D eigenvalue weighted by Crippen LogP contribution is -2.23. The molecule has 0 saturated heterocycles. The summed E-state index contributed by atoms with van der Waals surface area (Å²) < 4.78 is 29.7. The van der Waals surface area contributed by atoms with Gasteiger partial charge in [0.2, 0.25) is 0 Å². The lowest BCUT2D eigenvalue weighted by atomic mass is 10.1. The minimum absolute atomic E-state index is 0.0358. The van der Waals surface area contributed by atoms with Gasteiger partial charge in [-0.2, -0.15) is 0 Å². The van der Waals surface area contributed by atoms with Gasteiger partial charge in [0, 0.05) is 19.2 Å². The number of methoxy groups -OCH3 is 1. The van der Waals surface area contributed by atoms with Crippen LogP contribution >= 0.6 is 0 Å². The molecule has 0 spiro atoms. The molecule has 0 bridgehead atoms. The molecule has 0 aliphatic heterocycles. The maximum Gasteiger partial charge on any atom is 0.263 e. The molecule has 0 amide bonds. The van der Waals surface area contributed by atoms with E-state index >= 15 is 0 Å². The van der Waals surface area contributed by atoms with E-state index in [9.17, 15) is 13.9 Å². The van der Waals surface area contributed by atoms with Crippen LogP contribution in [-0.4, -0.2) is 31.5 Å². The molecule has 18 heavy (non-hydrogen) atoms. The summed E-state index contributed by atoms with van der Waals surface area (Å²) in [6.07, 6.45) is -2.36. The van der Waals surface area contributed by atoms with Crippen molar-refractivity contribution in [3.05, 3.63) is 35.4 Å². The highest BCUT2D eigenvalue weighted by Gasteiger charge is 2.07. The molecule has 1 rings (SSSR count). The van der Waals surface area contributed by atoms with Crippen molar-refractivity contribution in [1.82, 2.24) is 5.32 Å². The molecule has 1 aromatic rings. The van der Waals surface area contributed by atoms with Crippen molar-refractivity contribution in [1.29, 1.82) is 0 Å². The number of benzene rings is 1. The van der Waals surface area contributed by atoms with Crippen LogP contribution in [0.4, 0.5) is 8.78 Å². The second kappa shape index (κ2) is 8.13. The lowest BCUT2D eigenvalue weighted by Gasteiger charge is -2.10. The number of hydrogen-bond donors (Lipinski definition) is 2. The highest BCUT2D eigenvalue weighted by Crippen LogP contribution is 2.19. The number of hydrogen-bond acceptors (Lipinski definition) is 3. The summed E-state index contributed by atoms with van der Waals surface area (Å²) in [6.45, 7) is 1.44. The van der Waals surface area contributed by atoms with Crippen LogP contribution < -0.4 is 5.32 Å². The normalized spacial score (nSPS) is 12.9. The Morgan fingerprint density at radius 1 is 1.39 bits per heavy atom. The summed E-state index contributed by atoms with van der Waals surface area (Å²) in [6, 6.07) is 6.32. The largest absolute Gasteiger partial charge is 0.391 e. The zero-order valence-corrected chi connectivity index (χ0v) is 10.4. The highest BCUT2D eigenvalue weighted by atomic mass is 19.3. The molecule has 2 N–H and O–H groups in total. The molecular formula is C13H19F2NO2. The molecule has 0 aliphatic rings. The van der Waals surface area contributed by atoms with E-state index in [1.165, 1.54) is 19.2 Å². The fraction of sp³-hybridized carbons (Fsp3) is 0.538. The van der Waals surface area contributed by atoms with Crippen molar-refractivity contribution >= 4 is 0 Å². The fourth-order valence-electron chi connectivity index (χ4n) is 1.62. The maximum atomic E-state index is 12.5. The number of ether oxygens (including phenoxy) is 1. The van der Waals surface area contributed by atoms with Crippen molar-refractivity contribution in [3.63, 3.8) is 0 Å². The fourth-order valence-corrected chi connectivity index (χ4v) is 1.62. The molecule has 3 nitrogen and oxygen atoms in total. The van der Waals surface area contributed by atoms with Crippen LogP contribution in [0.5, 0.6) is 0 Å². The summed E-state index contributed by atoms with van der Waals surface area (Å²) in [5.74, 6) is 0. The second-order valence-electron chi connectivity index (χ2n) is 4.12. The van der Waals surface area contributed by atoms with Crippen LogP contribution in [0.2, 0.25) is 0 Å². The van der Waals surface area contributed by atoms with Gasteiger partial charge >= 0.3 is 0 Å². The number of aliphatic hydroxyl groups excluding tert-OH is 1. The number of nitrogens with one attached hydrogen (secondary N) is 1. The predicted octanol–water partition coefficient (Wildman–Crippen LogP) is 2.11. The summed E-state index contributed by atoms with van der Waals surface area (Å²) in [5.41, 5.74) is 0.850. The second-order valence-corrected chi connectivity index (χ2v) is 4.12. The Balaban J connectivity index is 2.29. The number of aliphatic hydroxyl groups is 1. The van der Waals surface area contributed by atoms with E-state index in [-0.39, 0.29) is 5.56 Å². The molecule has 0 saturated carbocycles. The van der Waals surface area contributed by atoms with Gasteiger partial charge in [-0.1, -0.05) is 18.2 Å². The minimum Gasteiger partial charge on any atom is -0.391 e. The van der Waals surface area contributed by atoms with Gasteiger partial charge in [-0.15, -0.1) is 0 Å². The molecule has 1 unspecified atom stereocenters. The van der Waals surface area contributed by atoms with E-state index in [2.05, 4.69) is 5.32 Å². The van der Waals surface area contributed by atoms with Crippen molar-refractivity contribution in [2.45, 2.75) is 25.5 Å². The van der Waals surface area contributed by atoms with E-state index < -0.39 is 12.5 Å².